The molecular weight excluding hydrogens is 320 g/mol. The van der Waals surface area contributed by atoms with Gasteiger partial charge in [0, 0.05) is 24.6 Å². The van der Waals surface area contributed by atoms with Crippen LogP contribution in [0.2, 0.25) is 0 Å². The lowest BCUT2D eigenvalue weighted by Crippen LogP contribution is -2.17. The van der Waals surface area contributed by atoms with E-state index in [9.17, 15) is 9.90 Å². The van der Waals surface area contributed by atoms with Crippen molar-refractivity contribution in [2.24, 2.45) is 5.73 Å². The Morgan fingerprint density at radius 2 is 2.20 bits per heavy atom. The van der Waals surface area contributed by atoms with Crippen LogP contribution in [0.5, 0.6) is 11.5 Å². The van der Waals surface area contributed by atoms with Crippen molar-refractivity contribution in [3.8, 4) is 11.5 Å². The maximum Gasteiger partial charge on any atom is 0.252 e. The monoisotopic (exact) mass is 342 g/mol. The highest BCUT2D eigenvalue weighted by Crippen LogP contribution is 2.28. The maximum absolute atomic E-state index is 12.0. The lowest BCUT2D eigenvalue weighted by atomic mass is 10.1. The minimum absolute atomic E-state index is 0.0142. The lowest BCUT2D eigenvalue weighted by molar-refractivity contribution is -0.112. The number of aromatic hydroxyl groups is 1. The van der Waals surface area contributed by atoms with Gasteiger partial charge in [-0.2, -0.15) is 0 Å². The third-order valence-corrected chi connectivity index (χ3v) is 4.23. The predicted molar refractivity (Wildman–Crippen MR) is 93.9 cm³/mol. The first-order chi connectivity index (χ1) is 12.1. The number of hydrogen-bond donors (Lipinski definition) is 2. The molecule has 0 saturated heterocycles. The van der Waals surface area contributed by atoms with Crippen molar-refractivity contribution in [3.05, 3.63) is 35.4 Å². The number of ether oxygens (including phenoxy) is 1. The van der Waals surface area contributed by atoms with Crippen molar-refractivity contribution in [1.29, 1.82) is 0 Å². The number of phenols is 1. The highest BCUT2D eigenvalue weighted by Gasteiger charge is 2.21. The minimum atomic E-state index is -0.604. The highest BCUT2D eigenvalue weighted by molar-refractivity contribution is 6.22. The zero-order valence-electron chi connectivity index (χ0n) is 14.2. The molecule has 1 aliphatic heterocycles. The van der Waals surface area contributed by atoms with Gasteiger partial charge in [0.25, 0.3) is 5.91 Å². The fraction of sp³-hybridized carbons (Fsp3) is 0.389. The Bertz CT molecular complexity index is 811. The van der Waals surface area contributed by atoms with E-state index < -0.39 is 5.91 Å². The SMILES string of the molecule is CCOc1ccc(/C=C(/C(N)=O)c2nnc3n2CCCCC3)c(O)c1. The lowest BCUT2D eigenvalue weighted by Gasteiger charge is -2.09. The number of amides is 1. The Balaban J connectivity index is 2.01. The summed E-state index contributed by atoms with van der Waals surface area (Å²) in [5, 5.41) is 18.6. The van der Waals surface area contributed by atoms with Gasteiger partial charge in [-0.1, -0.05) is 6.42 Å². The topological polar surface area (TPSA) is 103 Å². The molecular formula is C18H22N4O3. The molecule has 2 heterocycles. The molecule has 3 rings (SSSR count). The quantitative estimate of drug-likeness (QED) is 0.810. The molecule has 7 heteroatoms. The maximum atomic E-state index is 12.0. The van der Waals surface area contributed by atoms with Crippen molar-refractivity contribution < 1.29 is 14.6 Å². The van der Waals surface area contributed by atoms with Crippen LogP contribution in [0, 0.1) is 0 Å². The molecule has 0 atom stereocenters. The average molecular weight is 342 g/mol. The van der Waals surface area contributed by atoms with E-state index in [2.05, 4.69) is 10.2 Å². The van der Waals surface area contributed by atoms with Gasteiger partial charge >= 0.3 is 0 Å². The molecule has 0 spiro atoms. The Labute approximate surface area is 146 Å². The Kier molecular flexibility index (Phi) is 5.02. The summed E-state index contributed by atoms with van der Waals surface area (Å²) < 4.78 is 7.31. The fourth-order valence-corrected chi connectivity index (χ4v) is 2.99. The second kappa shape index (κ2) is 7.38. The average Bonchev–Trinajstić information content (AvgIpc) is 2.82. The van der Waals surface area contributed by atoms with Crippen molar-refractivity contribution in [2.75, 3.05) is 6.61 Å². The van der Waals surface area contributed by atoms with E-state index in [1.165, 1.54) is 6.07 Å². The summed E-state index contributed by atoms with van der Waals surface area (Å²) >= 11 is 0. The van der Waals surface area contributed by atoms with Crippen LogP contribution < -0.4 is 10.5 Å². The van der Waals surface area contributed by atoms with Gasteiger partial charge in [0.1, 0.15) is 17.3 Å². The largest absolute Gasteiger partial charge is 0.507 e. The zero-order chi connectivity index (χ0) is 17.8. The van der Waals surface area contributed by atoms with E-state index in [1.54, 1.807) is 18.2 Å². The van der Waals surface area contributed by atoms with Gasteiger partial charge in [-0.05, 0) is 38.0 Å². The summed E-state index contributed by atoms with van der Waals surface area (Å²) in [7, 11) is 0. The Hall–Kier alpha value is -2.83. The summed E-state index contributed by atoms with van der Waals surface area (Å²) in [6, 6.07) is 4.93. The molecule has 1 aromatic carbocycles. The van der Waals surface area contributed by atoms with Gasteiger partial charge in [0.2, 0.25) is 0 Å². The third-order valence-electron chi connectivity index (χ3n) is 4.23. The summed E-state index contributed by atoms with van der Waals surface area (Å²) in [4.78, 5) is 12.0. The molecule has 0 saturated carbocycles. The van der Waals surface area contributed by atoms with Crippen LogP contribution in [-0.2, 0) is 17.8 Å². The summed E-state index contributed by atoms with van der Waals surface area (Å²) in [5.74, 6) is 1.30. The predicted octanol–water partition coefficient (Wildman–Crippen LogP) is 2.13. The molecule has 0 radical (unpaired) electrons. The number of nitrogens with zero attached hydrogens (tertiary/aromatic N) is 3. The number of rotatable bonds is 5. The number of primary amides is 1. The Morgan fingerprint density at radius 1 is 1.36 bits per heavy atom. The summed E-state index contributed by atoms with van der Waals surface area (Å²) in [5.41, 5.74) is 6.29. The number of phenolic OH excluding ortho intramolecular Hbond substituents is 1. The van der Waals surface area contributed by atoms with Crippen molar-refractivity contribution in [1.82, 2.24) is 14.8 Å². The Morgan fingerprint density at radius 3 is 2.92 bits per heavy atom. The van der Waals surface area contributed by atoms with Crippen LogP contribution in [0.1, 0.15) is 43.4 Å². The fourth-order valence-electron chi connectivity index (χ4n) is 2.99. The molecule has 1 aliphatic rings. The van der Waals surface area contributed by atoms with Crippen molar-refractivity contribution >= 4 is 17.6 Å². The second-order valence-electron chi connectivity index (χ2n) is 5.98. The summed E-state index contributed by atoms with van der Waals surface area (Å²) in [6.07, 6.45) is 5.59. The number of nitrogens with two attached hydrogens (primary N) is 1. The van der Waals surface area contributed by atoms with Crippen molar-refractivity contribution in [2.45, 2.75) is 39.2 Å². The molecule has 0 bridgehead atoms. The molecule has 2 aromatic rings. The van der Waals surface area contributed by atoms with Crippen LogP contribution in [0.3, 0.4) is 0 Å². The molecule has 132 valence electrons. The third kappa shape index (κ3) is 3.65. The number of carbonyl (C=O) groups excluding carboxylic acids is 1. The highest BCUT2D eigenvalue weighted by atomic mass is 16.5. The van der Waals surface area contributed by atoms with Crippen LogP contribution in [0.25, 0.3) is 11.6 Å². The van der Waals surface area contributed by atoms with Gasteiger partial charge in [-0.15, -0.1) is 10.2 Å². The molecule has 1 amide bonds. The van der Waals surface area contributed by atoms with E-state index in [-0.39, 0.29) is 11.3 Å². The van der Waals surface area contributed by atoms with Gasteiger partial charge in [0.05, 0.1) is 12.2 Å². The van der Waals surface area contributed by atoms with E-state index in [1.807, 2.05) is 11.5 Å². The molecule has 7 nitrogen and oxygen atoms in total. The number of hydrogen-bond acceptors (Lipinski definition) is 5. The van der Waals surface area contributed by atoms with Gasteiger partial charge in [-0.25, -0.2) is 0 Å². The first kappa shape index (κ1) is 17.0. The van der Waals surface area contributed by atoms with Crippen molar-refractivity contribution in [3.63, 3.8) is 0 Å². The van der Waals surface area contributed by atoms with Gasteiger partial charge in [0.15, 0.2) is 5.82 Å². The number of fused-ring (bicyclic) bond motifs is 1. The first-order valence-corrected chi connectivity index (χ1v) is 8.50. The number of aryl methyl sites for hydroxylation is 1. The van der Waals surface area contributed by atoms with Gasteiger partial charge < -0.3 is 20.1 Å². The number of carbonyl (C=O) groups is 1. The van der Waals surface area contributed by atoms with E-state index in [4.69, 9.17) is 10.5 Å². The molecule has 3 N–H and O–H groups in total. The summed E-state index contributed by atoms with van der Waals surface area (Å²) in [6.45, 7) is 3.14. The minimum Gasteiger partial charge on any atom is -0.507 e. The molecule has 0 aliphatic carbocycles. The van der Waals surface area contributed by atoms with Crippen LogP contribution in [0.15, 0.2) is 18.2 Å². The zero-order valence-corrected chi connectivity index (χ0v) is 14.2. The molecule has 0 fully saturated rings. The number of aromatic nitrogens is 3. The first-order valence-electron chi connectivity index (χ1n) is 8.50. The van der Waals surface area contributed by atoms with Crippen LogP contribution >= 0.6 is 0 Å². The van der Waals surface area contributed by atoms with E-state index in [0.717, 1.165) is 38.1 Å². The second-order valence-corrected chi connectivity index (χ2v) is 5.98. The number of benzene rings is 1. The van der Waals surface area contributed by atoms with Crippen LogP contribution in [0.4, 0.5) is 0 Å². The van der Waals surface area contributed by atoms with E-state index >= 15 is 0 Å². The molecule has 1 aromatic heterocycles. The van der Waals surface area contributed by atoms with Gasteiger partial charge in [-0.3, -0.25) is 4.79 Å². The standard InChI is InChI=1S/C18H22N4O3/c1-2-25-13-8-7-12(15(23)11-13)10-14(17(19)24)18-21-20-16-6-4-3-5-9-22(16)18/h7-8,10-11,23H,2-6,9H2,1H3,(H2,19,24)/b14-10-. The smallest absolute Gasteiger partial charge is 0.252 e. The molecule has 25 heavy (non-hydrogen) atoms. The normalized spacial score (nSPS) is 14.7. The molecule has 0 unspecified atom stereocenters. The van der Waals surface area contributed by atoms with Crippen LogP contribution in [-0.4, -0.2) is 32.4 Å². The van der Waals surface area contributed by atoms with E-state index in [0.29, 0.717) is 23.7 Å².